The molecule has 0 aliphatic carbocycles. The number of hydrogen-bond acceptors (Lipinski definition) is 3. The van der Waals surface area contributed by atoms with Crippen molar-refractivity contribution in [3.8, 4) is 0 Å². The normalized spacial score (nSPS) is 17.3. The molecule has 1 saturated heterocycles. The molecule has 1 aliphatic heterocycles. The van der Waals surface area contributed by atoms with E-state index in [1.165, 1.54) is 0 Å². The summed E-state index contributed by atoms with van der Waals surface area (Å²) in [5.74, 6) is 0.0525. The summed E-state index contributed by atoms with van der Waals surface area (Å²) in [6.07, 6.45) is 2.34. The average molecular weight is 263 g/mol. The van der Waals surface area contributed by atoms with Gasteiger partial charge in [0.15, 0.2) is 0 Å². The maximum atomic E-state index is 12.5. The van der Waals surface area contributed by atoms with Crippen molar-refractivity contribution in [3.63, 3.8) is 0 Å². The highest BCUT2D eigenvalue weighted by atomic mass is 16.2. The number of hydrogen-bond donors (Lipinski definition) is 1. The van der Waals surface area contributed by atoms with Crippen molar-refractivity contribution in [2.24, 2.45) is 0 Å². The Morgan fingerprint density at radius 3 is 2.74 bits per heavy atom. The molecule has 2 rings (SSSR count). The summed E-state index contributed by atoms with van der Waals surface area (Å²) in [6, 6.07) is 3.22. The zero-order valence-electron chi connectivity index (χ0n) is 11.6. The van der Waals surface area contributed by atoms with Gasteiger partial charge >= 0.3 is 0 Å². The number of carbonyl (C=O) groups is 1. The molecule has 1 fully saturated rings. The van der Waals surface area contributed by atoms with Gasteiger partial charge < -0.3 is 14.8 Å². The minimum absolute atomic E-state index is 0.0525. The summed E-state index contributed by atoms with van der Waals surface area (Å²) in [6.45, 7) is 6.81. The molecule has 1 aromatic heterocycles. The molecule has 1 atom stereocenters. The fourth-order valence-electron chi connectivity index (χ4n) is 2.45. The molecule has 1 aromatic rings. The van der Waals surface area contributed by atoms with Gasteiger partial charge in [0.1, 0.15) is 6.04 Å². The largest absolute Gasteiger partial charge is 0.338 e. The first-order valence-electron chi connectivity index (χ1n) is 6.82. The van der Waals surface area contributed by atoms with E-state index in [1.807, 2.05) is 17.9 Å². The van der Waals surface area contributed by atoms with Crippen LogP contribution in [0.3, 0.4) is 0 Å². The highest BCUT2D eigenvalue weighted by Crippen LogP contribution is 2.13. The van der Waals surface area contributed by atoms with Crippen LogP contribution in [0.1, 0.15) is 24.9 Å². The topological polar surface area (TPSA) is 54.3 Å². The van der Waals surface area contributed by atoms with E-state index < -0.39 is 0 Å². The third kappa shape index (κ3) is 2.87. The first-order chi connectivity index (χ1) is 9.15. The number of amides is 1. The Bertz CT molecular complexity index is 504. The number of nitrogens with zero attached hydrogens (tertiary/aromatic N) is 2. The minimum Gasteiger partial charge on any atom is -0.338 e. The van der Waals surface area contributed by atoms with E-state index >= 15 is 0 Å². The lowest BCUT2D eigenvalue weighted by Gasteiger charge is -2.31. The van der Waals surface area contributed by atoms with Gasteiger partial charge in [0, 0.05) is 37.9 Å². The highest BCUT2D eigenvalue weighted by Gasteiger charge is 2.26. The Labute approximate surface area is 113 Å². The first kappa shape index (κ1) is 13.8. The number of aryl methyl sites for hydroxylation is 1. The van der Waals surface area contributed by atoms with E-state index in [0.29, 0.717) is 12.0 Å². The molecule has 104 valence electrons. The van der Waals surface area contributed by atoms with Gasteiger partial charge in [0.2, 0.25) is 5.91 Å². The summed E-state index contributed by atoms with van der Waals surface area (Å²) in [5, 5.41) is 3.22. The van der Waals surface area contributed by atoms with Gasteiger partial charge in [-0.3, -0.25) is 9.59 Å². The van der Waals surface area contributed by atoms with Crippen LogP contribution in [0.15, 0.2) is 23.1 Å². The number of nitrogens with one attached hydrogen (secondary N) is 1. The molecule has 5 heteroatoms. The molecule has 1 N–H and O–H groups in total. The monoisotopic (exact) mass is 263 g/mol. The van der Waals surface area contributed by atoms with Crippen molar-refractivity contribution < 1.29 is 4.79 Å². The number of aromatic nitrogens is 1. The summed E-state index contributed by atoms with van der Waals surface area (Å²) >= 11 is 0. The molecule has 0 bridgehead atoms. The van der Waals surface area contributed by atoms with Crippen molar-refractivity contribution in [2.45, 2.75) is 26.3 Å². The molecule has 0 saturated carbocycles. The van der Waals surface area contributed by atoms with E-state index in [4.69, 9.17) is 0 Å². The lowest BCUT2D eigenvalue weighted by molar-refractivity contribution is -0.135. The second kappa shape index (κ2) is 6.02. The first-order valence-corrected chi connectivity index (χ1v) is 6.82. The van der Waals surface area contributed by atoms with E-state index in [9.17, 15) is 9.59 Å². The van der Waals surface area contributed by atoms with Gasteiger partial charge in [-0.2, -0.15) is 0 Å². The average Bonchev–Trinajstić information content (AvgIpc) is 2.45. The van der Waals surface area contributed by atoms with Crippen molar-refractivity contribution in [1.29, 1.82) is 0 Å². The Kier molecular flexibility index (Phi) is 4.37. The molecule has 0 radical (unpaired) electrons. The third-order valence-corrected chi connectivity index (χ3v) is 3.60. The second-order valence-electron chi connectivity index (χ2n) is 4.90. The molecule has 19 heavy (non-hydrogen) atoms. The Balaban J connectivity index is 2.26. The van der Waals surface area contributed by atoms with Crippen LogP contribution < -0.4 is 10.9 Å². The molecule has 1 unspecified atom stereocenters. The van der Waals surface area contributed by atoms with Crippen LogP contribution in [0.5, 0.6) is 0 Å². The predicted molar refractivity (Wildman–Crippen MR) is 74.2 cm³/mol. The molecule has 0 spiro atoms. The minimum atomic E-state index is -0.384. The number of piperazine rings is 1. The fourth-order valence-corrected chi connectivity index (χ4v) is 2.45. The Morgan fingerprint density at radius 2 is 2.11 bits per heavy atom. The maximum Gasteiger partial charge on any atom is 0.254 e. The molecule has 2 heterocycles. The Morgan fingerprint density at radius 1 is 1.42 bits per heavy atom. The molecule has 1 amide bonds. The highest BCUT2D eigenvalue weighted by molar-refractivity contribution is 5.80. The van der Waals surface area contributed by atoms with Crippen LogP contribution in [0.4, 0.5) is 0 Å². The van der Waals surface area contributed by atoms with Crippen molar-refractivity contribution >= 4 is 5.91 Å². The van der Waals surface area contributed by atoms with Gasteiger partial charge in [0.05, 0.1) is 0 Å². The van der Waals surface area contributed by atoms with Crippen molar-refractivity contribution in [3.05, 3.63) is 34.2 Å². The molecule has 5 nitrogen and oxygen atoms in total. The van der Waals surface area contributed by atoms with Crippen molar-refractivity contribution in [1.82, 2.24) is 14.8 Å². The van der Waals surface area contributed by atoms with Gasteiger partial charge in [-0.25, -0.2) is 0 Å². The van der Waals surface area contributed by atoms with E-state index in [-0.39, 0.29) is 17.5 Å². The lowest BCUT2D eigenvalue weighted by atomic mass is 10.1. The summed E-state index contributed by atoms with van der Waals surface area (Å²) in [7, 11) is 0. The van der Waals surface area contributed by atoms with Crippen LogP contribution in [0, 0.1) is 6.92 Å². The molecular weight excluding hydrogens is 242 g/mol. The van der Waals surface area contributed by atoms with Crippen LogP contribution >= 0.6 is 0 Å². The molecular formula is C14H21N3O2. The van der Waals surface area contributed by atoms with Gasteiger partial charge in [-0.1, -0.05) is 13.0 Å². The van der Waals surface area contributed by atoms with Gasteiger partial charge in [-0.05, 0) is 19.4 Å². The van der Waals surface area contributed by atoms with Crippen LogP contribution in [-0.4, -0.2) is 41.6 Å². The summed E-state index contributed by atoms with van der Waals surface area (Å²) in [5.41, 5.74) is 0.604. The quantitative estimate of drug-likeness (QED) is 0.866. The van der Waals surface area contributed by atoms with E-state index in [2.05, 4.69) is 5.32 Å². The number of pyridine rings is 1. The zero-order valence-corrected chi connectivity index (χ0v) is 11.6. The maximum absolute atomic E-state index is 12.5. The van der Waals surface area contributed by atoms with Crippen LogP contribution in [-0.2, 0) is 4.79 Å². The van der Waals surface area contributed by atoms with Gasteiger partial charge in [-0.15, -0.1) is 0 Å². The Hall–Kier alpha value is -1.62. The van der Waals surface area contributed by atoms with E-state index in [0.717, 1.165) is 26.2 Å². The second-order valence-corrected chi connectivity index (χ2v) is 4.90. The zero-order chi connectivity index (χ0) is 13.8. The smallest absolute Gasteiger partial charge is 0.254 e. The van der Waals surface area contributed by atoms with Crippen molar-refractivity contribution in [2.75, 3.05) is 26.2 Å². The fraction of sp³-hybridized carbons (Fsp3) is 0.571. The number of rotatable bonds is 3. The third-order valence-electron chi connectivity index (χ3n) is 3.60. The van der Waals surface area contributed by atoms with E-state index in [1.54, 1.807) is 23.8 Å². The number of carbonyl (C=O) groups excluding carboxylic acids is 1. The SMILES string of the molecule is CCC(C(=O)N1CCNCC1)n1cccc(C)c1=O. The lowest BCUT2D eigenvalue weighted by Crippen LogP contribution is -2.49. The molecule has 1 aliphatic rings. The standard InChI is InChI=1S/C14H21N3O2/c1-3-12(14(19)16-9-6-15-7-10-16)17-8-4-5-11(2)13(17)18/h4-5,8,12,15H,3,6-7,9-10H2,1-2H3. The summed E-state index contributed by atoms with van der Waals surface area (Å²) in [4.78, 5) is 26.5. The summed E-state index contributed by atoms with van der Waals surface area (Å²) < 4.78 is 1.57. The molecule has 0 aromatic carbocycles. The predicted octanol–water partition coefficient (Wildman–Crippen LogP) is 0.540. The van der Waals surface area contributed by atoms with Gasteiger partial charge in [0.25, 0.3) is 5.56 Å². The van der Waals surface area contributed by atoms with Crippen LogP contribution in [0.25, 0.3) is 0 Å². The van der Waals surface area contributed by atoms with Crippen LogP contribution in [0.2, 0.25) is 0 Å².